The molecule has 2 aliphatic rings. The molecular formula is C24H21N3O3. The molecule has 3 aromatic carbocycles. The van der Waals surface area contributed by atoms with E-state index in [-0.39, 0.29) is 18.2 Å². The van der Waals surface area contributed by atoms with Crippen LogP contribution in [0.5, 0.6) is 0 Å². The van der Waals surface area contributed by atoms with Crippen LogP contribution >= 0.6 is 0 Å². The van der Waals surface area contributed by atoms with Gasteiger partial charge in [-0.15, -0.1) is 0 Å². The van der Waals surface area contributed by atoms with E-state index in [0.717, 1.165) is 29.3 Å². The number of urea groups is 1. The van der Waals surface area contributed by atoms with E-state index in [1.165, 1.54) is 5.56 Å². The van der Waals surface area contributed by atoms with Gasteiger partial charge in [0.25, 0.3) is 5.91 Å². The van der Waals surface area contributed by atoms with E-state index in [2.05, 4.69) is 11.4 Å². The van der Waals surface area contributed by atoms with Crippen LogP contribution in [-0.2, 0) is 11.2 Å². The monoisotopic (exact) mass is 399 g/mol. The van der Waals surface area contributed by atoms with Crippen LogP contribution < -0.4 is 15.1 Å². The first-order chi connectivity index (χ1) is 14.6. The van der Waals surface area contributed by atoms with Crippen molar-refractivity contribution in [1.82, 2.24) is 5.32 Å². The van der Waals surface area contributed by atoms with Gasteiger partial charge in [-0.05, 0) is 59.5 Å². The first kappa shape index (κ1) is 18.4. The molecule has 2 aliphatic heterocycles. The van der Waals surface area contributed by atoms with Crippen molar-refractivity contribution < 1.29 is 14.4 Å². The Hall–Kier alpha value is -3.67. The molecule has 0 atom stereocenters. The summed E-state index contributed by atoms with van der Waals surface area (Å²) in [5.74, 6) is -0.275. The molecule has 3 aromatic rings. The van der Waals surface area contributed by atoms with Crippen molar-refractivity contribution >= 4 is 40.0 Å². The third-order valence-corrected chi connectivity index (χ3v) is 5.79. The Bertz CT molecular complexity index is 1190. The maximum absolute atomic E-state index is 13.3. The predicted molar refractivity (Wildman–Crippen MR) is 116 cm³/mol. The van der Waals surface area contributed by atoms with Crippen LogP contribution in [0.25, 0.3) is 10.8 Å². The molecule has 0 aliphatic carbocycles. The van der Waals surface area contributed by atoms with Gasteiger partial charge in [-0.2, -0.15) is 0 Å². The van der Waals surface area contributed by atoms with Crippen molar-refractivity contribution in [2.45, 2.75) is 19.3 Å². The Morgan fingerprint density at radius 2 is 1.70 bits per heavy atom. The molecule has 1 fully saturated rings. The summed E-state index contributed by atoms with van der Waals surface area (Å²) in [6.45, 7) is 1.05. The SMILES string of the molecule is O=C1CCN(c2ccc3ccc(C(=O)N4CCCc5ccccc54)cc3c2)C(=O)N1. The molecule has 0 saturated carbocycles. The summed E-state index contributed by atoms with van der Waals surface area (Å²) in [5, 5.41) is 4.22. The molecule has 6 nitrogen and oxygen atoms in total. The lowest BCUT2D eigenvalue weighted by molar-refractivity contribution is -0.120. The summed E-state index contributed by atoms with van der Waals surface area (Å²) in [6, 6.07) is 19.0. The number of nitrogens with one attached hydrogen (secondary N) is 1. The molecule has 1 saturated heterocycles. The minimum atomic E-state index is -0.414. The number of rotatable bonds is 2. The van der Waals surface area contributed by atoms with Gasteiger partial charge < -0.3 is 4.90 Å². The second-order valence-electron chi connectivity index (χ2n) is 7.69. The average molecular weight is 399 g/mol. The number of anilines is 2. The van der Waals surface area contributed by atoms with Gasteiger partial charge in [0.2, 0.25) is 5.91 Å². The minimum Gasteiger partial charge on any atom is -0.308 e. The summed E-state index contributed by atoms with van der Waals surface area (Å²) in [7, 11) is 0. The maximum atomic E-state index is 13.3. The number of imide groups is 1. The molecule has 0 bridgehead atoms. The summed E-state index contributed by atoms with van der Waals surface area (Å²) in [4.78, 5) is 40.3. The number of fused-ring (bicyclic) bond motifs is 2. The second kappa shape index (κ2) is 7.30. The van der Waals surface area contributed by atoms with Gasteiger partial charge in [0.1, 0.15) is 0 Å². The molecule has 1 N–H and O–H groups in total. The standard InChI is InChI=1S/C24H21N3O3/c28-22-11-13-26(24(30)25-22)20-10-9-16-7-8-18(14-19(16)15-20)23(29)27-12-3-5-17-4-1-2-6-21(17)27/h1-2,4,6-10,14-15H,3,5,11-13H2,(H,25,28,30). The Balaban J connectivity index is 1.48. The van der Waals surface area contributed by atoms with Crippen molar-refractivity contribution in [2.24, 2.45) is 0 Å². The van der Waals surface area contributed by atoms with E-state index in [0.29, 0.717) is 24.3 Å². The van der Waals surface area contributed by atoms with Crippen molar-refractivity contribution in [2.75, 3.05) is 22.9 Å². The molecular weight excluding hydrogens is 378 g/mol. The highest BCUT2D eigenvalue weighted by Crippen LogP contribution is 2.30. The zero-order valence-electron chi connectivity index (χ0n) is 16.4. The fraction of sp³-hybridized carbons (Fsp3) is 0.208. The van der Waals surface area contributed by atoms with E-state index < -0.39 is 6.03 Å². The summed E-state index contributed by atoms with van der Waals surface area (Å²) >= 11 is 0. The van der Waals surface area contributed by atoms with Crippen LogP contribution in [0, 0.1) is 0 Å². The lowest BCUT2D eigenvalue weighted by Gasteiger charge is -2.29. The normalized spacial score (nSPS) is 16.4. The number of para-hydroxylation sites is 1. The van der Waals surface area contributed by atoms with Crippen LogP contribution in [0.4, 0.5) is 16.2 Å². The van der Waals surface area contributed by atoms with Crippen LogP contribution in [0.3, 0.4) is 0 Å². The number of hydrogen-bond donors (Lipinski definition) is 1. The molecule has 4 amide bonds. The maximum Gasteiger partial charge on any atom is 0.328 e. The van der Waals surface area contributed by atoms with Crippen molar-refractivity contribution in [3.05, 3.63) is 71.8 Å². The van der Waals surface area contributed by atoms with E-state index in [9.17, 15) is 14.4 Å². The van der Waals surface area contributed by atoms with Gasteiger partial charge in [-0.1, -0.05) is 30.3 Å². The van der Waals surface area contributed by atoms with Crippen LogP contribution in [0.1, 0.15) is 28.8 Å². The third-order valence-electron chi connectivity index (χ3n) is 5.79. The van der Waals surface area contributed by atoms with Gasteiger partial charge in [0, 0.05) is 36.4 Å². The molecule has 30 heavy (non-hydrogen) atoms. The fourth-order valence-corrected chi connectivity index (χ4v) is 4.25. The summed E-state index contributed by atoms with van der Waals surface area (Å²) < 4.78 is 0. The van der Waals surface area contributed by atoms with Gasteiger partial charge in [-0.25, -0.2) is 4.79 Å². The number of amides is 4. The number of carbonyl (C=O) groups excluding carboxylic acids is 3. The first-order valence-corrected chi connectivity index (χ1v) is 10.1. The number of nitrogens with zero attached hydrogens (tertiary/aromatic N) is 2. The van der Waals surface area contributed by atoms with E-state index >= 15 is 0 Å². The highest BCUT2D eigenvalue weighted by atomic mass is 16.2. The van der Waals surface area contributed by atoms with Gasteiger partial charge in [0.15, 0.2) is 0 Å². The van der Waals surface area contributed by atoms with Crippen LogP contribution in [-0.4, -0.2) is 30.9 Å². The van der Waals surface area contributed by atoms with Crippen LogP contribution in [0.15, 0.2) is 60.7 Å². The Labute approximate surface area is 174 Å². The van der Waals surface area contributed by atoms with Gasteiger partial charge in [0.05, 0.1) is 0 Å². The third kappa shape index (κ3) is 3.20. The average Bonchev–Trinajstić information content (AvgIpc) is 2.77. The molecule has 0 aromatic heterocycles. The van der Waals surface area contributed by atoms with E-state index in [1.807, 2.05) is 59.5 Å². The zero-order chi connectivity index (χ0) is 20.7. The van der Waals surface area contributed by atoms with Crippen molar-refractivity contribution in [3.8, 4) is 0 Å². The predicted octanol–water partition coefficient (Wildman–Crippen LogP) is 3.88. The topological polar surface area (TPSA) is 69.7 Å². The van der Waals surface area contributed by atoms with Gasteiger partial charge >= 0.3 is 6.03 Å². The molecule has 0 spiro atoms. The van der Waals surface area contributed by atoms with Crippen molar-refractivity contribution in [3.63, 3.8) is 0 Å². The Kier molecular flexibility index (Phi) is 4.47. The molecule has 150 valence electrons. The largest absolute Gasteiger partial charge is 0.328 e. The minimum absolute atomic E-state index is 0.0178. The van der Waals surface area contributed by atoms with Crippen molar-refractivity contribution in [1.29, 1.82) is 0 Å². The molecule has 6 heteroatoms. The van der Waals surface area contributed by atoms with Crippen LogP contribution in [0.2, 0.25) is 0 Å². The number of carbonyl (C=O) groups is 3. The summed E-state index contributed by atoms with van der Waals surface area (Å²) in [5.41, 5.74) is 3.51. The van der Waals surface area contributed by atoms with E-state index in [4.69, 9.17) is 0 Å². The fourth-order valence-electron chi connectivity index (χ4n) is 4.25. The molecule has 0 unspecified atom stereocenters. The highest BCUT2D eigenvalue weighted by molar-refractivity contribution is 6.09. The second-order valence-corrected chi connectivity index (χ2v) is 7.69. The zero-order valence-corrected chi connectivity index (χ0v) is 16.4. The lowest BCUT2D eigenvalue weighted by atomic mass is 10.00. The summed E-state index contributed by atoms with van der Waals surface area (Å²) in [6.07, 6.45) is 2.21. The quantitative estimate of drug-likeness (QED) is 0.711. The highest BCUT2D eigenvalue weighted by Gasteiger charge is 2.25. The first-order valence-electron chi connectivity index (χ1n) is 10.1. The lowest BCUT2D eigenvalue weighted by Crippen LogP contribution is -2.49. The number of benzene rings is 3. The van der Waals surface area contributed by atoms with E-state index in [1.54, 1.807) is 4.90 Å². The molecule has 5 rings (SSSR count). The Morgan fingerprint density at radius 1 is 0.867 bits per heavy atom. The molecule has 0 radical (unpaired) electrons. The van der Waals surface area contributed by atoms with Gasteiger partial charge in [-0.3, -0.25) is 19.8 Å². The smallest absolute Gasteiger partial charge is 0.308 e. The number of hydrogen-bond acceptors (Lipinski definition) is 3. The molecule has 2 heterocycles. The Morgan fingerprint density at radius 3 is 2.57 bits per heavy atom. The number of aryl methyl sites for hydroxylation is 1.